The fourth-order valence-electron chi connectivity index (χ4n) is 2.72. The molecule has 0 unspecified atom stereocenters. The fraction of sp³-hybridized carbons (Fsp3) is 0.333. The number of carbonyl (C=O) groups is 1. The van der Waals surface area contributed by atoms with Crippen LogP contribution in [0.25, 0.3) is 11.4 Å². The molecule has 0 saturated heterocycles. The normalized spacial score (nSPS) is 14.7. The zero-order valence-electron chi connectivity index (χ0n) is 10.8. The maximum atomic E-state index is 11.6. The zero-order chi connectivity index (χ0) is 13.2. The van der Waals surface area contributed by atoms with E-state index in [-0.39, 0.29) is 0 Å². The van der Waals surface area contributed by atoms with E-state index in [0.29, 0.717) is 5.69 Å². The molecule has 1 aliphatic rings. The minimum absolute atomic E-state index is 0.423. The van der Waals surface area contributed by atoms with Crippen molar-refractivity contribution in [2.45, 2.75) is 32.2 Å². The van der Waals surface area contributed by atoms with Gasteiger partial charge in [0.25, 0.3) is 5.91 Å². The van der Waals surface area contributed by atoms with Gasteiger partial charge in [0.1, 0.15) is 11.5 Å². The third-order valence-corrected chi connectivity index (χ3v) is 3.63. The van der Waals surface area contributed by atoms with E-state index in [1.807, 2.05) is 30.3 Å². The Balaban J connectivity index is 2.17. The molecule has 4 heteroatoms. The van der Waals surface area contributed by atoms with Gasteiger partial charge in [-0.2, -0.15) is 0 Å². The van der Waals surface area contributed by atoms with Gasteiger partial charge in [0.2, 0.25) is 0 Å². The molecular formula is C15H17N3O. The highest BCUT2D eigenvalue weighted by Crippen LogP contribution is 2.26. The minimum Gasteiger partial charge on any atom is -0.364 e. The number of nitrogens with two attached hydrogens (primary N) is 1. The highest BCUT2D eigenvalue weighted by Gasteiger charge is 2.22. The molecule has 2 aromatic rings. The molecule has 0 radical (unpaired) electrons. The van der Waals surface area contributed by atoms with Crippen molar-refractivity contribution in [3.05, 3.63) is 41.7 Å². The number of primary amides is 1. The first kappa shape index (κ1) is 12.0. The van der Waals surface area contributed by atoms with Crippen LogP contribution < -0.4 is 5.73 Å². The van der Waals surface area contributed by atoms with Gasteiger partial charge in [-0.05, 0) is 19.3 Å². The Bertz CT molecular complexity index is 601. The van der Waals surface area contributed by atoms with E-state index >= 15 is 0 Å². The molecule has 0 spiro atoms. The number of nitrogens with zero attached hydrogens (tertiary/aromatic N) is 2. The summed E-state index contributed by atoms with van der Waals surface area (Å²) in [5.41, 5.74) is 7.95. The second-order valence-corrected chi connectivity index (χ2v) is 4.92. The van der Waals surface area contributed by atoms with Gasteiger partial charge in [0.05, 0.1) is 5.69 Å². The lowest BCUT2D eigenvalue weighted by atomic mass is 10.1. The lowest BCUT2D eigenvalue weighted by Gasteiger charge is -2.08. The van der Waals surface area contributed by atoms with Crippen molar-refractivity contribution in [3.8, 4) is 11.4 Å². The summed E-state index contributed by atoms with van der Waals surface area (Å²) in [5, 5.41) is 0. The van der Waals surface area contributed by atoms with E-state index in [1.54, 1.807) is 0 Å². The Morgan fingerprint density at radius 3 is 2.68 bits per heavy atom. The van der Waals surface area contributed by atoms with Gasteiger partial charge in [0, 0.05) is 12.1 Å². The van der Waals surface area contributed by atoms with Crippen LogP contribution in [0.4, 0.5) is 0 Å². The molecule has 0 atom stereocenters. The zero-order valence-corrected chi connectivity index (χ0v) is 10.8. The van der Waals surface area contributed by atoms with Gasteiger partial charge in [-0.3, -0.25) is 4.79 Å². The Labute approximate surface area is 112 Å². The van der Waals surface area contributed by atoms with Gasteiger partial charge in [-0.1, -0.05) is 36.8 Å². The Morgan fingerprint density at radius 2 is 1.95 bits per heavy atom. The van der Waals surface area contributed by atoms with Crippen molar-refractivity contribution in [2.24, 2.45) is 5.73 Å². The number of rotatable bonds is 2. The van der Waals surface area contributed by atoms with Crippen molar-refractivity contribution in [1.82, 2.24) is 9.55 Å². The second kappa shape index (κ2) is 4.88. The molecule has 98 valence electrons. The summed E-state index contributed by atoms with van der Waals surface area (Å²) in [4.78, 5) is 16.1. The lowest BCUT2D eigenvalue weighted by molar-refractivity contribution is 0.0995. The first-order valence-corrected chi connectivity index (χ1v) is 6.72. The molecule has 1 aliphatic heterocycles. The molecule has 1 aromatic heterocycles. The Hall–Kier alpha value is -2.10. The summed E-state index contributed by atoms with van der Waals surface area (Å²) in [5.74, 6) is 0.444. The molecule has 0 fully saturated rings. The van der Waals surface area contributed by atoms with Gasteiger partial charge < -0.3 is 10.3 Å². The average molecular weight is 255 g/mol. The molecule has 2 heterocycles. The van der Waals surface area contributed by atoms with Crippen LogP contribution in [-0.4, -0.2) is 15.5 Å². The van der Waals surface area contributed by atoms with Gasteiger partial charge in [-0.25, -0.2) is 4.98 Å². The molecule has 1 amide bonds. The third kappa shape index (κ3) is 2.14. The first-order valence-electron chi connectivity index (χ1n) is 6.72. The maximum absolute atomic E-state index is 11.6. The highest BCUT2D eigenvalue weighted by molar-refractivity contribution is 5.93. The number of aromatic nitrogens is 2. The predicted octanol–water partition coefficient (Wildman–Crippen LogP) is 2.38. The van der Waals surface area contributed by atoms with E-state index in [2.05, 4.69) is 9.55 Å². The van der Waals surface area contributed by atoms with Crippen LogP contribution in [0, 0.1) is 0 Å². The lowest BCUT2D eigenvalue weighted by Crippen LogP contribution is -2.14. The number of carbonyl (C=O) groups excluding carboxylic acids is 1. The summed E-state index contributed by atoms with van der Waals surface area (Å²) in [6.45, 7) is 0.917. The van der Waals surface area contributed by atoms with Crippen molar-refractivity contribution < 1.29 is 4.79 Å². The standard InChI is InChI=1S/C15H17N3O/c16-14(19)13-12-9-5-2-6-10-18(12)15(17-13)11-7-3-1-4-8-11/h1,3-4,7-8H,2,5-6,9-10H2,(H2,16,19). The van der Waals surface area contributed by atoms with Crippen LogP contribution in [0.1, 0.15) is 35.4 Å². The van der Waals surface area contributed by atoms with Gasteiger partial charge >= 0.3 is 0 Å². The van der Waals surface area contributed by atoms with E-state index in [1.165, 1.54) is 6.42 Å². The second-order valence-electron chi connectivity index (χ2n) is 4.92. The fourth-order valence-corrected chi connectivity index (χ4v) is 2.72. The molecular weight excluding hydrogens is 238 g/mol. The topological polar surface area (TPSA) is 60.9 Å². The van der Waals surface area contributed by atoms with Crippen molar-refractivity contribution >= 4 is 5.91 Å². The molecule has 3 rings (SSSR count). The minimum atomic E-state index is -0.423. The average Bonchev–Trinajstić information content (AvgIpc) is 2.62. The summed E-state index contributed by atoms with van der Waals surface area (Å²) in [6, 6.07) is 9.98. The molecule has 2 N–H and O–H groups in total. The number of hydrogen-bond donors (Lipinski definition) is 1. The number of amides is 1. The van der Waals surface area contributed by atoms with Crippen LogP contribution in [0.3, 0.4) is 0 Å². The summed E-state index contributed by atoms with van der Waals surface area (Å²) in [6.07, 6.45) is 4.30. The molecule has 19 heavy (non-hydrogen) atoms. The van der Waals surface area contributed by atoms with Crippen molar-refractivity contribution in [2.75, 3.05) is 0 Å². The quantitative estimate of drug-likeness (QED) is 0.895. The summed E-state index contributed by atoms with van der Waals surface area (Å²) >= 11 is 0. The van der Waals surface area contributed by atoms with Crippen LogP contribution in [0.5, 0.6) is 0 Å². The van der Waals surface area contributed by atoms with E-state index in [4.69, 9.17) is 5.73 Å². The molecule has 4 nitrogen and oxygen atoms in total. The van der Waals surface area contributed by atoms with Gasteiger partial charge in [-0.15, -0.1) is 0 Å². The number of fused-ring (bicyclic) bond motifs is 1. The maximum Gasteiger partial charge on any atom is 0.269 e. The van der Waals surface area contributed by atoms with Crippen LogP contribution >= 0.6 is 0 Å². The monoisotopic (exact) mass is 255 g/mol. The molecule has 1 aromatic carbocycles. The van der Waals surface area contributed by atoms with E-state index in [0.717, 1.165) is 42.9 Å². The molecule has 0 saturated carbocycles. The number of benzene rings is 1. The highest BCUT2D eigenvalue weighted by atomic mass is 16.1. The Morgan fingerprint density at radius 1 is 1.16 bits per heavy atom. The van der Waals surface area contributed by atoms with Gasteiger partial charge in [0.15, 0.2) is 0 Å². The van der Waals surface area contributed by atoms with E-state index in [9.17, 15) is 4.79 Å². The third-order valence-electron chi connectivity index (χ3n) is 3.63. The van der Waals surface area contributed by atoms with Crippen molar-refractivity contribution in [3.63, 3.8) is 0 Å². The molecule has 0 bridgehead atoms. The smallest absolute Gasteiger partial charge is 0.269 e. The number of hydrogen-bond acceptors (Lipinski definition) is 2. The first-order chi connectivity index (χ1) is 9.27. The predicted molar refractivity (Wildman–Crippen MR) is 73.7 cm³/mol. The number of imidazole rings is 1. The SMILES string of the molecule is NC(=O)c1nc(-c2ccccc2)n2c1CCCCC2. The van der Waals surface area contributed by atoms with Crippen LogP contribution in [0.15, 0.2) is 30.3 Å². The van der Waals surface area contributed by atoms with Crippen LogP contribution in [0.2, 0.25) is 0 Å². The summed E-state index contributed by atoms with van der Waals surface area (Å²) in [7, 11) is 0. The van der Waals surface area contributed by atoms with Crippen LogP contribution in [-0.2, 0) is 13.0 Å². The van der Waals surface area contributed by atoms with Crippen molar-refractivity contribution in [1.29, 1.82) is 0 Å². The molecule has 0 aliphatic carbocycles. The Kier molecular flexibility index (Phi) is 3.07. The van der Waals surface area contributed by atoms with E-state index < -0.39 is 5.91 Å². The summed E-state index contributed by atoms with van der Waals surface area (Å²) < 4.78 is 2.17. The largest absolute Gasteiger partial charge is 0.364 e.